The maximum absolute atomic E-state index is 2.16. The van der Waals surface area contributed by atoms with Crippen LogP contribution in [0.15, 0.2) is 35.8 Å². The van der Waals surface area contributed by atoms with Crippen molar-refractivity contribution in [3.8, 4) is 0 Å². The van der Waals surface area contributed by atoms with Crippen molar-refractivity contribution in [1.29, 1.82) is 0 Å². The van der Waals surface area contributed by atoms with Gasteiger partial charge in [0.05, 0.1) is 0 Å². The Morgan fingerprint density at radius 1 is 1.25 bits per heavy atom. The van der Waals surface area contributed by atoms with Gasteiger partial charge in [0.2, 0.25) is 0 Å². The maximum atomic E-state index is 2.16. The average Bonchev–Trinajstić information content (AvgIpc) is 1.94. The number of hydrogen-bond acceptors (Lipinski definition) is 0. The molecule has 0 aromatic rings. The van der Waals surface area contributed by atoms with Gasteiger partial charge in [0.1, 0.15) is 0 Å². The summed E-state index contributed by atoms with van der Waals surface area (Å²) in [7, 11) is 1.10. The van der Waals surface area contributed by atoms with Gasteiger partial charge in [-0.3, -0.25) is 0 Å². The van der Waals surface area contributed by atoms with E-state index >= 15 is 0 Å². The van der Waals surface area contributed by atoms with Gasteiger partial charge >= 0.3 is 0 Å². The summed E-state index contributed by atoms with van der Waals surface area (Å²) in [4.78, 5) is 0. The van der Waals surface area contributed by atoms with E-state index in [1.807, 2.05) is 0 Å². The Balaban J connectivity index is 2.69. The fourth-order valence-electron chi connectivity index (χ4n) is 0.685. The van der Waals surface area contributed by atoms with Gasteiger partial charge in [-0.15, -0.1) is 11.4 Å². The van der Waals surface area contributed by atoms with E-state index in [1.54, 1.807) is 0 Å². The lowest BCUT2D eigenvalue weighted by molar-refractivity contribution is 1.65. The maximum Gasteiger partial charge on any atom is 0.177 e. The van der Waals surface area contributed by atoms with Crippen LogP contribution in [0, 0.1) is 0 Å². The molecule has 0 amide bonds. The van der Waals surface area contributed by atoms with Crippen LogP contribution in [0.25, 0.3) is 0 Å². The summed E-state index contributed by atoms with van der Waals surface area (Å²) in [5.74, 6) is 2.16. The van der Waals surface area contributed by atoms with Crippen LogP contribution in [-0.4, -0.2) is 7.28 Å². The van der Waals surface area contributed by atoms with Crippen LogP contribution in [0.5, 0.6) is 0 Å². The average molecular weight is 104 g/mol. The summed E-state index contributed by atoms with van der Waals surface area (Å²) < 4.78 is 0. The number of hydrogen-bond donors (Lipinski definition) is 0. The molecule has 0 nitrogen and oxygen atoms in total. The van der Waals surface area contributed by atoms with Crippen LogP contribution in [0.4, 0.5) is 0 Å². The van der Waals surface area contributed by atoms with Crippen LogP contribution in [0.1, 0.15) is 6.92 Å². The lowest BCUT2D eigenvalue weighted by Gasteiger charge is -1.84. The molecule has 0 aliphatic carbocycles. The van der Waals surface area contributed by atoms with E-state index in [1.165, 1.54) is 5.47 Å². The van der Waals surface area contributed by atoms with E-state index in [0.29, 0.717) is 0 Å². The molecule has 1 heterocycles. The molecule has 1 heteroatoms. The first-order valence-electron chi connectivity index (χ1n) is 2.88. The monoisotopic (exact) mass is 104 g/mol. The third-order valence-electron chi connectivity index (χ3n) is 1.18. The second-order valence-corrected chi connectivity index (χ2v) is 2.03. The minimum absolute atomic E-state index is 1.10. The van der Waals surface area contributed by atoms with E-state index in [-0.39, 0.29) is 0 Å². The molecule has 1 aliphatic heterocycles. The third-order valence-corrected chi connectivity index (χ3v) is 1.18. The highest BCUT2D eigenvalue weighted by molar-refractivity contribution is 6.51. The van der Waals surface area contributed by atoms with Crippen molar-refractivity contribution in [2.45, 2.75) is 6.92 Å². The lowest BCUT2D eigenvalue weighted by atomic mass is 9.71. The SMILES string of the molecule is CC1=CC=CC=CB1. The molecule has 0 aromatic heterocycles. The van der Waals surface area contributed by atoms with E-state index in [0.717, 1.165) is 7.28 Å². The van der Waals surface area contributed by atoms with E-state index < -0.39 is 0 Å². The summed E-state index contributed by atoms with van der Waals surface area (Å²) in [5, 5.41) is 0. The predicted molar refractivity (Wildman–Crippen MR) is 39.2 cm³/mol. The Morgan fingerprint density at radius 2 is 2.12 bits per heavy atom. The van der Waals surface area contributed by atoms with Crippen molar-refractivity contribution in [2.75, 3.05) is 0 Å². The van der Waals surface area contributed by atoms with E-state index in [4.69, 9.17) is 0 Å². The number of allylic oxidation sites excluding steroid dienone is 5. The summed E-state index contributed by atoms with van der Waals surface area (Å²) in [6.45, 7) is 2.14. The molecule has 0 saturated heterocycles. The molecule has 0 fully saturated rings. The predicted octanol–water partition coefficient (Wildman–Crippen LogP) is 1.41. The van der Waals surface area contributed by atoms with Crippen molar-refractivity contribution < 1.29 is 0 Å². The van der Waals surface area contributed by atoms with Gasteiger partial charge in [0.15, 0.2) is 7.28 Å². The highest BCUT2D eigenvalue weighted by atomic mass is 13.7. The lowest BCUT2D eigenvalue weighted by Crippen LogP contribution is -1.83. The first-order valence-corrected chi connectivity index (χ1v) is 2.88. The van der Waals surface area contributed by atoms with Crippen molar-refractivity contribution >= 4 is 7.28 Å². The smallest absolute Gasteiger partial charge is 0.114 e. The second-order valence-electron chi connectivity index (χ2n) is 2.03. The first-order chi connectivity index (χ1) is 3.89. The highest BCUT2D eigenvalue weighted by Gasteiger charge is 1.86. The standard InChI is InChI=1S/C7H9B/c1-7-5-3-2-4-6-8-7/h2-6,8H,1H3. The van der Waals surface area contributed by atoms with Gasteiger partial charge in [0.25, 0.3) is 0 Å². The summed E-state index contributed by atoms with van der Waals surface area (Å²) in [6.07, 6.45) is 8.34. The minimum Gasteiger partial charge on any atom is -0.114 e. The largest absolute Gasteiger partial charge is 0.177 e. The molecule has 0 radical (unpaired) electrons. The molecule has 0 unspecified atom stereocenters. The minimum atomic E-state index is 1.10. The number of rotatable bonds is 0. The van der Waals surface area contributed by atoms with Gasteiger partial charge < -0.3 is 0 Å². The summed E-state index contributed by atoms with van der Waals surface area (Å²) >= 11 is 0. The Hall–Kier alpha value is -0.715. The topological polar surface area (TPSA) is 0 Å². The molecule has 1 rings (SSSR count). The Labute approximate surface area is 50.8 Å². The van der Waals surface area contributed by atoms with E-state index in [2.05, 4.69) is 37.2 Å². The normalized spacial score (nSPS) is 16.9. The summed E-state index contributed by atoms with van der Waals surface area (Å²) in [6, 6.07) is 0. The molecule has 0 aromatic carbocycles. The third kappa shape index (κ3) is 1.41. The van der Waals surface area contributed by atoms with Crippen LogP contribution >= 0.6 is 0 Å². The quantitative estimate of drug-likeness (QED) is 0.407. The highest BCUT2D eigenvalue weighted by Crippen LogP contribution is 1.95. The molecular weight excluding hydrogens is 94.9 g/mol. The van der Waals surface area contributed by atoms with Crippen molar-refractivity contribution in [1.82, 2.24) is 0 Å². The van der Waals surface area contributed by atoms with E-state index in [9.17, 15) is 0 Å². The molecule has 0 saturated carbocycles. The Bertz CT molecular complexity index is 152. The first kappa shape index (κ1) is 5.42. The molecule has 0 spiro atoms. The van der Waals surface area contributed by atoms with Crippen molar-refractivity contribution in [2.24, 2.45) is 0 Å². The molecule has 0 atom stereocenters. The molecule has 0 bridgehead atoms. The van der Waals surface area contributed by atoms with Crippen LogP contribution in [0.2, 0.25) is 0 Å². The Morgan fingerprint density at radius 3 is 3.00 bits per heavy atom. The van der Waals surface area contributed by atoms with Crippen LogP contribution in [-0.2, 0) is 0 Å². The van der Waals surface area contributed by atoms with Gasteiger partial charge in [-0.05, 0) is 0 Å². The van der Waals surface area contributed by atoms with Gasteiger partial charge in [-0.25, -0.2) is 0 Å². The van der Waals surface area contributed by atoms with Crippen molar-refractivity contribution in [3.05, 3.63) is 35.8 Å². The second kappa shape index (κ2) is 2.56. The molecular formula is C7H9B. The zero-order valence-corrected chi connectivity index (χ0v) is 5.09. The molecule has 1 aliphatic rings. The molecule has 0 N–H and O–H groups in total. The van der Waals surface area contributed by atoms with Crippen molar-refractivity contribution in [3.63, 3.8) is 0 Å². The molecule has 40 valence electrons. The van der Waals surface area contributed by atoms with Crippen LogP contribution < -0.4 is 0 Å². The van der Waals surface area contributed by atoms with Gasteiger partial charge in [-0.2, -0.15) is 0 Å². The van der Waals surface area contributed by atoms with Gasteiger partial charge in [0, 0.05) is 0 Å². The van der Waals surface area contributed by atoms with Crippen LogP contribution in [0.3, 0.4) is 0 Å². The Kier molecular flexibility index (Phi) is 1.73. The zero-order valence-electron chi connectivity index (χ0n) is 5.09. The fourth-order valence-corrected chi connectivity index (χ4v) is 0.685. The fraction of sp³-hybridized carbons (Fsp3) is 0.143. The summed E-state index contributed by atoms with van der Waals surface area (Å²) in [5.41, 5.74) is 1.43. The molecule has 8 heavy (non-hydrogen) atoms. The van der Waals surface area contributed by atoms with Gasteiger partial charge in [-0.1, -0.05) is 31.2 Å². The zero-order chi connectivity index (χ0) is 5.82.